The van der Waals surface area contributed by atoms with E-state index in [0.29, 0.717) is 23.4 Å². The number of nitrogens with one attached hydrogen (secondary N) is 1. The lowest BCUT2D eigenvalue weighted by Crippen LogP contribution is -2.32. The molecular weight excluding hydrogens is 388 g/mol. The van der Waals surface area contributed by atoms with E-state index in [1.54, 1.807) is 24.3 Å². The molecule has 5 nitrogen and oxygen atoms in total. The van der Waals surface area contributed by atoms with E-state index in [1.165, 1.54) is 4.90 Å². The summed E-state index contributed by atoms with van der Waals surface area (Å²) in [6, 6.07) is 24.0. The highest BCUT2D eigenvalue weighted by molar-refractivity contribution is 6.46. The Hall–Kier alpha value is -3.86. The van der Waals surface area contributed by atoms with Crippen LogP contribution in [0.1, 0.15) is 24.5 Å². The van der Waals surface area contributed by atoms with Gasteiger partial charge in [-0.3, -0.25) is 9.59 Å². The van der Waals surface area contributed by atoms with Crippen LogP contribution in [0.3, 0.4) is 0 Å². The van der Waals surface area contributed by atoms with E-state index < -0.39 is 0 Å². The van der Waals surface area contributed by atoms with Gasteiger partial charge < -0.3 is 10.1 Å². The fourth-order valence-corrected chi connectivity index (χ4v) is 3.44. The smallest absolute Gasteiger partial charge is 0.282 e. The largest absolute Gasteiger partial charge is 0.494 e. The normalized spacial score (nSPS) is 13.7. The third kappa shape index (κ3) is 4.21. The van der Waals surface area contributed by atoms with Crippen LogP contribution in [0.4, 0.5) is 11.4 Å². The maximum Gasteiger partial charge on any atom is 0.282 e. The van der Waals surface area contributed by atoms with Crippen LogP contribution >= 0.6 is 0 Å². The van der Waals surface area contributed by atoms with Crippen molar-refractivity contribution in [3.8, 4) is 5.75 Å². The average molecular weight is 412 g/mol. The Kier molecular flexibility index (Phi) is 5.85. The van der Waals surface area contributed by atoms with Gasteiger partial charge in [0.1, 0.15) is 11.4 Å². The number of amides is 2. The first-order valence-electron chi connectivity index (χ1n) is 10.3. The number of carbonyl (C=O) groups excluding carboxylic acids is 2. The molecule has 1 N–H and O–H groups in total. The minimum Gasteiger partial charge on any atom is -0.494 e. The van der Waals surface area contributed by atoms with E-state index >= 15 is 0 Å². The fourth-order valence-electron chi connectivity index (χ4n) is 3.44. The number of aryl methyl sites for hydroxylation is 1. The zero-order valence-corrected chi connectivity index (χ0v) is 17.6. The van der Waals surface area contributed by atoms with Gasteiger partial charge in [0.15, 0.2) is 0 Å². The average Bonchev–Trinajstić information content (AvgIpc) is 3.04. The zero-order valence-electron chi connectivity index (χ0n) is 17.6. The minimum atomic E-state index is -0.377. The Morgan fingerprint density at radius 3 is 2.16 bits per heavy atom. The van der Waals surface area contributed by atoms with Crippen LogP contribution in [0, 0.1) is 6.92 Å². The van der Waals surface area contributed by atoms with Gasteiger partial charge in [-0.25, -0.2) is 4.90 Å². The van der Waals surface area contributed by atoms with Gasteiger partial charge in [0, 0.05) is 5.69 Å². The quantitative estimate of drug-likeness (QED) is 0.543. The molecule has 5 heteroatoms. The van der Waals surface area contributed by atoms with E-state index in [-0.39, 0.29) is 17.5 Å². The summed E-state index contributed by atoms with van der Waals surface area (Å²) in [7, 11) is 0. The molecule has 3 aromatic carbocycles. The lowest BCUT2D eigenvalue weighted by atomic mass is 10.0. The highest BCUT2D eigenvalue weighted by Crippen LogP contribution is 2.34. The Morgan fingerprint density at radius 1 is 0.839 bits per heavy atom. The summed E-state index contributed by atoms with van der Waals surface area (Å²) in [6.45, 7) is 4.67. The molecule has 0 saturated carbocycles. The lowest BCUT2D eigenvalue weighted by Gasteiger charge is -2.15. The van der Waals surface area contributed by atoms with E-state index in [4.69, 9.17) is 4.74 Å². The van der Waals surface area contributed by atoms with Crippen molar-refractivity contribution in [1.82, 2.24) is 0 Å². The summed E-state index contributed by atoms with van der Waals surface area (Å²) in [5, 5.41) is 3.18. The first-order valence-corrected chi connectivity index (χ1v) is 10.3. The van der Waals surface area contributed by atoms with Crippen LogP contribution in [0.25, 0.3) is 5.57 Å². The van der Waals surface area contributed by atoms with Crippen LogP contribution < -0.4 is 15.0 Å². The summed E-state index contributed by atoms with van der Waals surface area (Å²) >= 11 is 0. The standard InChI is InChI=1S/C26H24N2O3/c1-3-17-31-22-15-11-19(12-16-22)23-24(27-20-13-9-18(2)10-14-20)26(30)28(25(23)29)21-7-5-4-6-8-21/h4-16,27H,3,17H2,1-2H3. The van der Waals surface area contributed by atoms with Crippen LogP contribution in [-0.4, -0.2) is 18.4 Å². The number of anilines is 2. The van der Waals surface area contributed by atoms with Gasteiger partial charge in [0.25, 0.3) is 11.8 Å². The maximum absolute atomic E-state index is 13.4. The molecule has 0 spiro atoms. The molecule has 1 aliphatic heterocycles. The molecule has 1 aliphatic rings. The Labute approximate surface area is 182 Å². The highest BCUT2D eigenvalue weighted by atomic mass is 16.5. The molecule has 4 rings (SSSR count). The Balaban J connectivity index is 1.75. The second-order valence-electron chi connectivity index (χ2n) is 7.40. The van der Waals surface area contributed by atoms with Crippen molar-refractivity contribution in [2.75, 3.05) is 16.8 Å². The van der Waals surface area contributed by atoms with Crippen LogP contribution in [0.5, 0.6) is 5.75 Å². The number of para-hydroxylation sites is 1. The SMILES string of the molecule is CCCOc1ccc(C2=C(Nc3ccc(C)cc3)C(=O)N(c3ccccc3)C2=O)cc1. The molecule has 0 unspecified atom stereocenters. The monoisotopic (exact) mass is 412 g/mol. The van der Waals surface area contributed by atoms with Crippen LogP contribution in [-0.2, 0) is 9.59 Å². The van der Waals surface area contributed by atoms with Gasteiger partial charge in [-0.2, -0.15) is 0 Å². The molecule has 0 fully saturated rings. The molecule has 156 valence electrons. The number of carbonyl (C=O) groups is 2. The van der Waals surface area contributed by atoms with E-state index in [0.717, 1.165) is 23.4 Å². The fraction of sp³-hybridized carbons (Fsp3) is 0.154. The number of imide groups is 1. The van der Waals surface area contributed by atoms with Crippen molar-refractivity contribution in [1.29, 1.82) is 0 Å². The number of hydrogen-bond acceptors (Lipinski definition) is 4. The van der Waals surface area contributed by atoms with Gasteiger partial charge in [-0.1, -0.05) is 55.0 Å². The number of hydrogen-bond donors (Lipinski definition) is 1. The lowest BCUT2D eigenvalue weighted by molar-refractivity contribution is -0.120. The van der Waals surface area contributed by atoms with Crippen molar-refractivity contribution >= 4 is 28.8 Å². The number of benzene rings is 3. The number of nitrogens with zero attached hydrogens (tertiary/aromatic N) is 1. The second kappa shape index (κ2) is 8.88. The van der Waals surface area contributed by atoms with Crippen LogP contribution in [0.2, 0.25) is 0 Å². The van der Waals surface area contributed by atoms with Gasteiger partial charge in [0.05, 0.1) is 17.9 Å². The van der Waals surface area contributed by atoms with Gasteiger partial charge >= 0.3 is 0 Å². The molecule has 1 heterocycles. The van der Waals surface area contributed by atoms with Crippen molar-refractivity contribution in [3.63, 3.8) is 0 Å². The van der Waals surface area contributed by atoms with E-state index in [2.05, 4.69) is 5.32 Å². The molecule has 0 saturated heterocycles. The van der Waals surface area contributed by atoms with Crippen molar-refractivity contribution in [3.05, 3.63) is 95.7 Å². The molecule has 0 aliphatic carbocycles. The number of rotatable bonds is 7. The van der Waals surface area contributed by atoms with E-state index in [9.17, 15) is 9.59 Å². The van der Waals surface area contributed by atoms with Crippen LogP contribution in [0.15, 0.2) is 84.6 Å². The first kappa shape index (κ1) is 20.4. The second-order valence-corrected chi connectivity index (χ2v) is 7.40. The molecule has 0 bridgehead atoms. The first-order chi connectivity index (χ1) is 15.1. The number of ether oxygens (including phenoxy) is 1. The summed E-state index contributed by atoms with van der Waals surface area (Å²) in [5.41, 5.74) is 3.67. The van der Waals surface area contributed by atoms with Crippen molar-refractivity contribution < 1.29 is 14.3 Å². The predicted octanol–water partition coefficient (Wildman–Crippen LogP) is 5.18. The minimum absolute atomic E-state index is 0.264. The molecule has 0 atom stereocenters. The third-order valence-electron chi connectivity index (χ3n) is 5.04. The van der Waals surface area contributed by atoms with Gasteiger partial charge in [-0.05, 0) is 55.3 Å². The van der Waals surface area contributed by atoms with E-state index in [1.807, 2.05) is 68.4 Å². The maximum atomic E-state index is 13.4. The molecule has 3 aromatic rings. The van der Waals surface area contributed by atoms with Crippen molar-refractivity contribution in [2.24, 2.45) is 0 Å². The summed E-state index contributed by atoms with van der Waals surface area (Å²) in [6.07, 6.45) is 0.913. The van der Waals surface area contributed by atoms with Crippen molar-refractivity contribution in [2.45, 2.75) is 20.3 Å². The molecule has 0 aromatic heterocycles. The summed E-state index contributed by atoms with van der Waals surface area (Å²) in [4.78, 5) is 28.0. The molecular formula is C26H24N2O3. The molecule has 0 radical (unpaired) electrons. The third-order valence-corrected chi connectivity index (χ3v) is 5.04. The molecule has 31 heavy (non-hydrogen) atoms. The Morgan fingerprint density at radius 2 is 1.52 bits per heavy atom. The predicted molar refractivity (Wildman–Crippen MR) is 123 cm³/mol. The highest BCUT2D eigenvalue weighted by Gasteiger charge is 2.40. The Bertz CT molecular complexity index is 1120. The zero-order chi connectivity index (χ0) is 21.8. The van der Waals surface area contributed by atoms with Gasteiger partial charge in [-0.15, -0.1) is 0 Å². The topological polar surface area (TPSA) is 58.6 Å². The summed E-state index contributed by atoms with van der Waals surface area (Å²) in [5.74, 6) is 0.00190. The summed E-state index contributed by atoms with van der Waals surface area (Å²) < 4.78 is 5.65. The van der Waals surface area contributed by atoms with Gasteiger partial charge in [0.2, 0.25) is 0 Å². The molecule has 2 amide bonds.